The van der Waals surface area contributed by atoms with E-state index in [2.05, 4.69) is 22.5 Å². The molecule has 4 heteroatoms. The zero-order valence-corrected chi connectivity index (χ0v) is 10.5. The molecular formula is C12H23N3O. The second kappa shape index (κ2) is 4.72. The van der Waals surface area contributed by atoms with Crippen molar-refractivity contribution in [3.63, 3.8) is 0 Å². The van der Waals surface area contributed by atoms with Gasteiger partial charge in [0.1, 0.15) is 0 Å². The Hall–Kier alpha value is -0.610. The Morgan fingerprint density at radius 1 is 1.56 bits per heavy atom. The number of hydrogen-bond donors (Lipinski definition) is 2. The molecule has 2 N–H and O–H groups in total. The predicted octanol–water partition coefficient (Wildman–Crippen LogP) is 0.0507. The molecule has 2 aliphatic heterocycles. The van der Waals surface area contributed by atoms with Gasteiger partial charge in [0.2, 0.25) is 5.91 Å². The molecule has 4 nitrogen and oxygen atoms in total. The largest absolute Gasteiger partial charge is 0.358 e. The summed E-state index contributed by atoms with van der Waals surface area (Å²) < 4.78 is 0. The van der Waals surface area contributed by atoms with Gasteiger partial charge in [-0.1, -0.05) is 6.92 Å². The molecule has 0 aliphatic carbocycles. The highest BCUT2D eigenvalue weighted by Crippen LogP contribution is 2.35. The second-order valence-electron chi connectivity index (χ2n) is 5.04. The number of amides is 1. The van der Waals surface area contributed by atoms with Crippen LogP contribution in [0.25, 0.3) is 0 Å². The maximum absolute atomic E-state index is 11.7. The van der Waals surface area contributed by atoms with Crippen molar-refractivity contribution in [2.75, 3.05) is 26.7 Å². The van der Waals surface area contributed by atoms with Crippen LogP contribution in [-0.4, -0.2) is 49.6 Å². The first-order valence-corrected chi connectivity index (χ1v) is 6.37. The van der Waals surface area contributed by atoms with Crippen LogP contribution in [0.4, 0.5) is 0 Å². The summed E-state index contributed by atoms with van der Waals surface area (Å²) in [5, 5.41) is 6.22. The Kier molecular flexibility index (Phi) is 3.50. The predicted molar refractivity (Wildman–Crippen MR) is 64.2 cm³/mol. The summed E-state index contributed by atoms with van der Waals surface area (Å²) in [5.41, 5.74) is 0. The van der Waals surface area contributed by atoms with Gasteiger partial charge in [0.15, 0.2) is 0 Å². The van der Waals surface area contributed by atoms with E-state index in [1.54, 1.807) is 7.05 Å². The zero-order chi connectivity index (χ0) is 11.7. The molecule has 2 saturated heterocycles. The third kappa shape index (κ3) is 1.84. The first-order valence-electron chi connectivity index (χ1n) is 6.37. The van der Waals surface area contributed by atoms with Gasteiger partial charge < -0.3 is 10.6 Å². The Morgan fingerprint density at radius 2 is 2.31 bits per heavy atom. The fourth-order valence-electron chi connectivity index (χ4n) is 3.40. The number of carbonyl (C=O) groups is 1. The molecule has 2 rings (SSSR count). The lowest BCUT2D eigenvalue weighted by atomic mass is 9.92. The van der Waals surface area contributed by atoms with E-state index in [0.29, 0.717) is 6.04 Å². The van der Waals surface area contributed by atoms with Crippen LogP contribution in [0.1, 0.15) is 20.3 Å². The summed E-state index contributed by atoms with van der Waals surface area (Å²) >= 11 is 0. The van der Waals surface area contributed by atoms with Crippen LogP contribution < -0.4 is 10.6 Å². The van der Waals surface area contributed by atoms with Crippen molar-refractivity contribution in [3.05, 3.63) is 0 Å². The maximum Gasteiger partial charge on any atom is 0.236 e. The quantitative estimate of drug-likeness (QED) is 0.713. The van der Waals surface area contributed by atoms with E-state index in [-0.39, 0.29) is 11.9 Å². The summed E-state index contributed by atoms with van der Waals surface area (Å²) in [4.78, 5) is 14.1. The molecule has 0 spiro atoms. The molecule has 0 aromatic carbocycles. The molecule has 0 aromatic heterocycles. The molecule has 0 aromatic rings. The first-order chi connectivity index (χ1) is 7.69. The first kappa shape index (κ1) is 11.9. The number of nitrogens with one attached hydrogen (secondary N) is 2. The minimum atomic E-state index is 0.0144. The van der Waals surface area contributed by atoms with Crippen molar-refractivity contribution in [2.24, 2.45) is 11.8 Å². The molecule has 2 fully saturated rings. The van der Waals surface area contributed by atoms with Crippen molar-refractivity contribution in [1.82, 2.24) is 15.5 Å². The van der Waals surface area contributed by atoms with E-state index in [1.165, 1.54) is 0 Å². The molecule has 2 aliphatic rings. The Labute approximate surface area is 97.8 Å². The molecule has 92 valence electrons. The fraction of sp³-hybridized carbons (Fsp3) is 0.917. The number of likely N-dealkylation sites (tertiary alicyclic amines) is 1. The van der Waals surface area contributed by atoms with Crippen molar-refractivity contribution < 1.29 is 4.79 Å². The summed E-state index contributed by atoms with van der Waals surface area (Å²) in [5.74, 6) is 1.64. The minimum Gasteiger partial charge on any atom is -0.358 e. The molecule has 1 amide bonds. The third-order valence-electron chi connectivity index (χ3n) is 4.30. The van der Waals surface area contributed by atoms with Crippen LogP contribution in [-0.2, 0) is 4.79 Å². The van der Waals surface area contributed by atoms with Gasteiger partial charge in [-0.3, -0.25) is 9.69 Å². The smallest absolute Gasteiger partial charge is 0.236 e. The zero-order valence-electron chi connectivity index (χ0n) is 10.5. The van der Waals surface area contributed by atoms with Gasteiger partial charge in [-0.2, -0.15) is 0 Å². The highest BCUT2D eigenvalue weighted by atomic mass is 16.2. The van der Waals surface area contributed by atoms with E-state index in [9.17, 15) is 4.79 Å². The molecule has 4 atom stereocenters. The number of rotatable bonds is 3. The van der Waals surface area contributed by atoms with Gasteiger partial charge in [-0.05, 0) is 38.3 Å². The fourth-order valence-corrected chi connectivity index (χ4v) is 3.40. The average Bonchev–Trinajstić information content (AvgIpc) is 2.86. The molecule has 0 bridgehead atoms. The summed E-state index contributed by atoms with van der Waals surface area (Å²) in [6.45, 7) is 7.58. The maximum atomic E-state index is 11.7. The van der Waals surface area contributed by atoms with Crippen LogP contribution in [0.2, 0.25) is 0 Å². The van der Waals surface area contributed by atoms with Gasteiger partial charge in [0, 0.05) is 19.6 Å². The lowest BCUT2D eigenvalue weighted by Crippen LogP contribution is -2.48. The summed E-state index contributed by atoms with van der Waals surface area (Å²) in [6.07, 6.45) is 1.14. The highest BCUT2D eigenvalue weighted by Gasteiger charge is 2.45. The van der Waals surface area contributed by atoms with Gasteiger partial charge >= 0.3 is 0 Å². The number of carbonyl (C=O) groups excluding carboxylic acids is 1. The van der Waals surface area contributed by atoms with Gasteiger partial charge in [-0.15, -0.1) is 0 Å². The van der Waals surface area contributed by atoms with Gasteiger partial charge in [-0.25, -0.2) is 0 Å². The van der Waals surface area contributed by atoms with Crippen LogP contribution in [0.3, 0.4) is 0 Å². The molecule has 0 radical (unpaired) electrons. The topological polar surface area (TPSA) is 44.4 Å². The van der Waals surface area contributed by atoms with Crippen LogP contribution in [0, 0.1) is 11.8 Å². The highest BCUT2D eigenvalue weighted by molar-refractivity contribution is 5.81. The lowest BCUT2D eigenvalue weighted by molar-refractivity contribution is -0.125. The number of hydrogen-bond acceptors (Lipinski definition) is 3. The van der Waals surface area contributed by atoms with E-state index in [1.807, 2.05) is 6.92 Å². The lowest BCUT2D eigenvalue weighted by Gasteiger charge is -2.31. The van der Waals surface area contributed by atoms with Crippen molar-refractivity contribution in [3.8, 4) is 0 Å². The molecule has 4 unspecified atom stereocenters. The molecule has 0 saturated carbocycles. The monoisotopic (exact) mass is 225 g/mol. The van der Waals surface area contributed by atoms with E-state index >= 15 is 0 Å². The number of nitrogens with zero attached hydrogens (tertiary/aromatic N) is 1. The second-order valence-corrected chi connectivity index (χ2v) is 5.04. The number of fused-ring (bicyclic) bond motifs is 1. The van der Waals surface area contributed by atoms with Gasteiger partial charge in [0.25, 0.3) is 0 Å². The van der Waals surface area contributed by atoms with Crippen LogP contribution in [0.5, 0.6) is 0 Å². The third-order valence-corrected chi connectivity index (χ3v) is 4.30. The van der Waals surface area contributed by atoms with Gasteiger partial charge in [0.05, 0.1) is 6.04 Å². The summed E-state index contributed by atoms with van der Waals surface area (Å²) in [7, 11) is 1.72. The standard InChI is InChI=1S/C12H23N3O/c1-4-11-10-6-14-5-9(10)7-15(11)8(2)12(16)13-3/h8-11,14H,4-7H2,1-3H3,(H,13,16). The molecule has 2 heterocycles. The van der Waals surface area contributed by atoms with E-state index in [4.69, 9.17) is 0 Å². The van der Waals surface area contributed by atoms with E-state index in [0.717, 1.165) is 37.9 Å². The van der Waals surface area contributed by atoms with Crippen molar-refractivity contribution in [1.29, 1.82) is 0 Å². The molecular weight excluding hydrogens is 202 g/mol. The van der Waals surface area contributed by atoms with Crippen molar-refractivity contribution >= 4 is 5.91 Å². The van der Waals surface area contributed by atoms with Crippen LogP contribution in [0.15, 0.2) is 0 Å². The Morgan fingerprint density at radius 3 is 2.94 bits per heavy atom. The SMILES string of the molecule is CCC1C2CNCC2CN1C(C)C(=O)NC. The van der Waals surface area contributed by atoms with Crippen molar-refractivity contribution in [2.45, 2.75) is 32.4 Å². The Bertz CT molecular complexity index is 269. The van der Waals surface area contributed by atoms with Crippen LogP contribution >= 0.6 is 0 Å². The average molecular weight is 225 g/mol. The normalized spacial score (nSPS) is 36.1. The minimum absolute atomic E-state index is 0.0144. The summed E-state index contributed by atoms with van der Waals surface area (Å²) in [6, 6.07) is 0.591. The molecule has 16 heavy (non-hydrogen) atoms. The number of likely N-dealkylation sites (N-methyl/N-ethyl adjacent to an activating group) is 1. The van der Waals surface area contributed by atoms with E-state index < -0.39 is 0 Å². The Balaban J connectivity index is 2.07.